The zero-order valence-electron chi connectivity index (χ0n) is 10.5. The van der Waals surface area contributed by atoms with E-state index < -0.39 is 0 Å². The number of halogens is 1. The fourth-order valence-corrected chi connectivity index (χ4v) is 1.89. The lowest BCUT2D eigenvalue weighted by Crippen LogP contribution is -2.15. The summed E-state index contributed by atoms with van der Waals surface area (Å²) < 4.78 is 1.65. The van der Waals surface area contributed by atoms with Gasteiger partial charge in [0.1, 0.15) is 12.1 Å². The number of rotatable bonds is 3. The number of aryl methyl sites for hydroxylation is 1. The van der Waals surface area contributed by atoms with Crippen molar-refractivity contribution in [2.45, 2.75) is 26.7 Å². The Kier molecular flexibility index (Phi) is 3.49. The Morgan fingerprint density at radius 2 is 2.11 bits per heavy atom. The SMILES string of the molecule is Cc1nn(-c2ncnc(NN)c2C(C)C)cc1Cl. The molecule has 0 aliphatic heterocycles. The zero-order chi connectivity index (χ0) is 13.3. The molecule has 0 amide bonds. The van der Waals surface area contributed by atoms with Gasteiger partial charge in [-0.3, -0.25) is 0 Å². The van der Waals surface area contributed by atoms with E-state index in [0.717, 1.165) is 11.3 Å². The van der Waals surface area contributed by atoms with Crippen molar-refractivity contribution >= 4 is 17.4 Å². The molecule has 6 nitrogen and oxygen atoms in total. The van der Waals surface area contributed by atoms with Crippen molar-refractivity contribution in [2.75, 3.05) is 5.43 Å². The van der Waals surface area contributed by atoms with Crippen LogP contribution in [0.4, 0.5) is 5.82 Å². The summed E-state index contributed by atoms with van der Waals surface area (Å²) in [5.41, 5.74) is 4.24. The lowest BCUT2D eigenvalue weighted by Gasteiger charge is -2.14. The van der Waals surface area contributed by atoms with Crippen LogP contribution >= 0.6 is 11.6 Å². The minimum Gasteiger partial charge on any atom is -0.308 e. The molecule has 2 aromatic heterocycles. The minimum atomic E-state index is 0.204. The molecule has 0 radical (unpaired) electrons. The van der Waals surface area contributed by atoms with Gasteiger partial charge in [-0.15, -0.1) is 0 Å². The van der Waals surface area contributed by atoms with E-state index in [0.29, 0.717) is 16.7 Å². The van der Waals surface area contributed by atoms with Gasteiger partial charge in [0.25, 0.3) is 0 Å². The maximum absolute atomic E-state index is 6.02. The summed E-state index contributed by atoms with van der Waals surface area (Å²) >= 11 is 6.02. The third kappa shape index (κ3) is 2.16. The Labute approximate surface area is 110 Å². The standard InChI is InChI=1S/C11H15ClN6/c1-6(2)9-10(16-13)14-5-15-11(9)18-4-8(12)7(3)17-18/h4-6H,13H2,1-3H3,(H,14,15,16). The fourth-order valence-electron chi connectivity index (χ4n) is 1.76. The first-order valence-corrected chi connectivity index (χ1v) is 5.96. The predicted molar refractivity (Wildman–Crippen MR) is 70.8 cm³/mol. The van der Waals surface area contributed by atoms with Crippen molar-refractivity contribution in [3.63, 3.8) is 0 Å². The van der Waals surface area contributed by atoms with Crippen molar-refractivity contribution in [1.29, 1.82) is 0 Å². The largest absolute Gasteiger partial charge is 0.308 e. The van der Waals surface area contributed by atoms with E-state index in [9.17, 15) is 0 Å². The molecule has 0 saturated heterocycles. The van der Waals surface area contributed by atoms with Crippen molar-refractivity contribution in [1.82, 2.24) is 19.7 Å². The Hall–Kier alpha value is -1.66. The van der Waals surface area contributed by atoms with Gasteiger partial charge in [-0.2, -0.15) is 5.10 Å². The second-order valence-corrected chi connectivity index (χ2v) is 4.67. The Morgan fingerprint density at radius 1 is 1.39 bits per heavy atom. The van der Waals surface area contributed by atoms with Crippen LogP contribution in [0.2, 0.25) is 5.02 Å². The van der Waals surface area contributed by atoms with Gasteiger partial charge < -0.3 is 5.43 Å². The quantitative estimate of drug-likeness (QED) is 0.656. The van der Waals surface area contributed by atoms with Crippen LogP contribution in [-0.2, 0) is 0 Å². The van der Waals surface area contributed by atoms with Crippen molar-refractivity contribution in [2.24, 2.45) is 5.84 Å². The van der Waals surface area contributed by atoms with Gasteiger partial charge in [-0.25, -0.2) is 20.5 Å². The van der Waals surface area contributed by atoms with Crippen LogP contribution in [0.3, 0.4) is 0 Å². The molecule has 3 N–H and O–H groups in total. The highest BCUT2D eigenvalue weighted by atomic mass is 35.5. The average molecular weight is 267 g/mol. The maximum atomic E-state index is 6.02. The van der Waals surface area contributed by atoms with E-state index in [1.54, 1.807) is 10.9 Å². The van der Waals surface area contributed by atoms with E-state index in [1.165, 1.54) is 6.33 Å². The molecule has 0 atom stereocenters. The first-order chi connectivity index (χ1) is 8.54. The molecule has 0 fully saturated rings. The number of nitrogens with two attached hydrogens (primary N) is 1. The van der Waals surface area contributed by atoms with Gasteiger partial charge in [0.15, 0.2) is 5.82 Å². The summed E-state index contributed by atoms with van der Waals surface area (Å²) in [5, 5.41) is 4.93. The second kappa shape index (κ2) is 4.91. The van der Waals surface area contributed by atoms with Crippen LogP contribution in [0, 0.1) is 6.92 Å². The number of nitrogens with one attached hydrogen (secondary N) is 1. The second-order valence-electron chi connectivity index (χ2n) is 4.27. The van der Waals surface area contributed by atoms with Crippen molar-refractivity contribution in [3.8, 4) is 5.82 Å². The van der Waals surface area contributed by atoms with Gasteiger partial charge >= 0.3 is 0 Å². The highest BCUT2D eigenvalue weighted by Gasteiger charge is 2.17. The Morgan fingerprint density at radius 3 is 2.61 bits per heavy atom. The van der Waals surface area contributed by atoms with Gasteiger partial charge in [0.2, 0.25) is 0 Å². The molecule has 2 rings (SSSR count). The number of nitrogens with zero attached hydrogens (tertiary/aromatic N) is 4. The predicted octanol–water partition coefficient (Wildman–Crippen LogP) is 2.03. The topological polar surface area (TPSA) is 81.7 Å². The molecular weight excluding hydrogens is 252 g/mol. The Balaban J connectivity index is 2.63. The van der Waals surface area contributed by atoms with Crippen molar-refractivity contribution in [3.05, 3.63) is 28.8 Å². The molecule has 96 valence electrons. The molecule has 0 saturated carbocycles. The molecule has 18 heavy (non-hydrogen) atoms. The van der Waals surface area contributed by atoms with Gasteiger partial charge in [0.05, 0.1) is 16.9 Å². The number of nitrogen functional groups attached to an aromatic ring is 1. The average Bonchev–Trinajstić information content (AvgIpc) is 2.68. The van der Waals surface area contributed by atoms with E-state index >= 15 is 0 Å². The van der Waals surface area contributed by atoms with Crippen LogP contribution in [0.25, 0.3) is 5.82 Å². The highest BCUT2D eigenvalue weighted by molar-refractivity contribution is 6.31. The number of aromatic nitrogens is 4. The molecule has 7 heteroatoms. The normalized spacial score (nSPS) is 11.0. The number of anilines is 1. The van der Waals surface area contributed by atoms with E-state index in [4.69, 9.17) is 17.4 Å². The molecule has 2 heterocycles. The summed E-state index contributed by atoms with van der Waals surface area (Å²) in [4.78, 5) is 8.38. The summed E-state index contributed by atoms with van der Waals surface area (Å²) in [5.74, 6) is 6.96. The van der Waals surface area contributed by atoms with Gasteiger partial charge in [-0.05, 0) is 12.8 Å². The molecule has 2 aromatic rings. The van der Waals surface area contributed by atoms with Gasteiger partial charge in [0, 0.05) is 5.56 Å². The van der Waals surface area contributed by atoms with E-state index in [2.05, 4.69) is 20.5 Å². The summed E-state index contributed by atoms with van der Waals surface area (Å²) in [7, 11) is 0. The first-order valence-electron chi connectivity index (χ1n) is 5.58. The number of hydrazine groups is 1. The summed E-state index contributed by atoms with van der Waals surface area (Å²) in [6.45, 7) is 5.93. The lowest BCUT2D eigenvalue weighted by atomic mass is 10.0. The van der Waals surface area contributed by atoms with Crippen LogP contribution in [0.5, 0.6) is 0 Å². The zero-order valence-corrected chi connectivity index (χ0v) is 11.2. The molecule has 0 unspecified atom stereocenters. The number of hydrogen-bond acceptors (Lipinski definition) is 5. The molecule has 0 aromatic carbocycles. The maximum Gasteiger partial charge on any atom is 0.162 e. The van der Waals surface area contributed by atoms with Crippen LogP contribution < -0.4 is 11.3 Å². The first kappa shape index (κ1) is 12.8. The van der Waals surface area contributed by atoms with E-state index in [1.807, 2.05) is 20.8 Å². The fraction of sp³-hybridized carbons (Fsp3) is 0.364. The highest BCUT2D eigenvalue weighted by Crippen LogP contribution is 2.27. The van der Waals surface area contributed by atoms with Gasteiger partial charge in [-0.1, -0.05) is 25.4 Å². The summed E-state index contributed by atoms with van der Waals surface area (Å²) in [6, 6.07) is 0. The molecular formula is C11H15ClN6. The molecule has 0 bridgehead atoms. The third-order valence-corrected chi connectivity index (χ3v) is 3.00. The van der Waals surface area contributed by atoms with Crippen LogP contribution in [-0.4, -0.2) is 19.7 Å². The lowest BCUT2D eigenvalue weighted by molar-refractivity contribution is 0.768. The number of hydrogen-bond donors (Lipinski definition) is 2. The minimum absolute atomic E-state index is 0.204. The molecule has 0 spiro atoms. The third-order valence-electron chi connectivity index (χ3n) is 2.63. The van der Waals surface area contributed by atoms with Crippen LogP contribution in [0.15, 0.2) is 12.5 Å². The van der Waals surface area contributed by atoms with Crippen molar-refractivity contribution < 1.29 is 0 Å². The monoisotopic (exact) mass is 266 g/mol. The molecule has 0 aliphatic rings. The van der Waals surface area contributed by atoms with Crippen LogP contribution in [0.1, 0.15) is 31.0 Å². The summed E-state index contributed by atoms with van der Waals surface area (Å²) in [6.07, 6.45) is 3.17. The Bertz CT molecular complexity index is 543. The smallest absolute Gasteiger partial charge is 0.162 e. The van der Waals surface area contributed by atoms with E-state index in [-0.39, 0.29) is 5.92 Å². The molecule has 0 aliphatic carbocycles.